The lowest BCUT2D eigenvalue weighted by molar-refractivity contribution is 0.321. The number of hydrogen-bond acceptors (Lipinski definition) is 2. The van der Waals surface area contributed by atoms with Crippen molar-refractivity contribution in [3.05, 3.63) is 0 Å². The summed E-state index contributed by atoms with van der Waals surface area (Å²) in [5.74, 6) is 0.701. The van der Waals surface area contributed by atoms with Crippen LogP contribution in [0.1, 0.15) is 47.0 Å². The van der Waals surface area contributed by atoms with Crippen LogP contribution in [0.4, 0.5) is 0 Å². The molecule has 3 N–H and O–H groups in total. The van der Waals surface area contributed by atoms with Gasteiger partial charge >= 0.3 is 0 Å². The van der Waals surface area contributed by atoms with E-state index in [2.05, 4.69) is 33.0 Å². The molecule has 0 fully saturated rings. The van der Waals surface area contributed by atoms with Crippen LogP contribution in [0.3, 0.4) is 0 Å². The van der Waals surface area contributed by atoms with E-state index in [0.29, 0.717) is 11.3 Å². The van der Waals surface area contributed by atoms with Crippen molar-refractivity contribution in [1.29, 1.82) is 0 Å². The molecule has 1 unspecified atom stereocenters. The van der Waals surface area contributed by atoms with Crippen molar-refractivity contribution in [2.75, 3.05) is 19.6 Å². The van der Waals surface area contributed by atoms with Gasteiger partial charge in [-0.05, 0) is 37.3 Å². The van der Waals surface area contributed by atoms with Gasteiger partial charge in [0.1, 0.15) is 0 Å². The van der Waals surface area contributed by atoms with Gasteiger partial charge in [-0.15, -0.1) is 0 Å². The van der Waals surface area contributed by atoms with Gasteiger partial charge in [0.15, 0.2) is 0 Å². The Bertz CT molecular complexity index is 128. The first-order valence-electron chi connectivity index (χ1n) is 5.96. The van der Waals surface area contributed by atoms with Crippen LogP contribution in [-0.4, -0.2) is 19.6 Å². The predicted molar refractivity (Wildman–Crippen MR) is 64.4 cm³/mol. The topological polar surface area (TPSA) is 38.0 Å². The molecule has 0 heterocycles. The van der Waals surface area contributed by atoms with E-state index in [1.807, 2.05) is 0 Å². The molecule has 0 aliphatic carbocycles. The molecule has 0 rings (SSSR count). The summed E-state index contributed by atoms with van der Waals surface area (Å²) in [6, 6.07) is 0. The Morgan fingerprint density at radius 1 is 1.29 bits per heavy atom. The minimum absolute atomic E-state index is 0.435. The molecule has 14 heavy (non-hydrogen) atoms. The largest absolute Gasteiger partial charge is 0.330 e. The van der Waals surface area contributed by atoms with Crippen LogP contribution in [0.2, 0.25) is 0 Å². The van der Waals surface area contributed by atoms with E-state index in [9.17, 15) is 0 Å². The molecule has 0 aromatic carbocycles. The van der Waals surface area contributed by atoms with E-state index in [4.69, 9.17) is 5.73 Å². The van der Waals surface area contributed by atoms with Gasteiger partial charge in [-0.3, -0.25) is 0 Å². The summed E-state index contributed by atoms with van der Waals surface area (Å²) in [7, 11) is 0. The van der Waals surface area contributed by atoms with Gasteiger partial charge in [-0.25, -0.2) is 0 Å². The Morgan fingerprint density at radius 3 is 2.36 bits per heavy atom. The van der Waals surface area contributed by atoms with Gasteiger partial charge < -0.3 is 11.1 Å². The Labute approximate surface area is 89.6 Å². The van der Waals surface area contributed by atoms with Crippen LogP contribution in [0.5, 0.6) is 0 Å². The van der Waals surface area contributed by atoms with E-state index >= 15 is 0 Å². The second-order valence-electron chi connectivity index (χ2n) is 4.99. The minimum Gasteiger partial charge on any atom is -0.330 e. The van der Waals surface area contributed by atoms with Crippen molar-refractivity contribution in [3.8, 4) is 0 Å². The molecule has 0 saturated heterocycles. The van der Waals surface area contributed by atoms with Gasteiger partial charge in [0.25, 0.3) is 0 Å². The van der Waals surface area contributed by atoms with E-state index < -0.39 is 0 Å². The average molecular weight is 200 g/mol. The summed E-state index contributed by atoms with van der Waals surface area (Å²) in [6.07, 6.45) is 3.65. The normalized spacial score (nSPS) is 14.4. The fourth-order valence-electron chi connectivity index (χ4n) is 1.35. The summed E-state index contributed by atoms with van der Waals surface area (Å²) in [5.41, 5.74) is 6.08. The molecule has 1 atom stereocenters. The van der Waals surface area contributed by atoms with Crippen molar-refractivity contribution in [2.45, 2.75) is 47.0 Å². The van der Waals surface area contributed by atoms with Crippen LogP contribution >= 0.6 is 0 Å². The predicted octanol–water partition coefficient (Wildman–Crippen LogP) is 2.39. The molecule has 86 valence electrons. The third-order valence-corrected chi connectivity index (χ3v) is 3.20. The van der Waals surface area contributed by atoms with Gasteiger partial charge in [-0.2, -0.15) is 0 Å². The number of rotatable bonds is 8. The molecule has 0 amide bonds. The zero-order valence-corrected chi connectivity index (χ0v) is 10.4. The molecule has 2 nitrogen and oxygen atoms in total. The first-order valence-corrected chi connectivity index (χ1v) is 5.96. The lowest BCUT2D eigenvalue weighted by atomic mass is 9.90. The van der Waals surface area contributed by atoms with Crippen LogP contribution in [0.25, 0.3) is 0 Å². The fourth-order valence-corrected chi connectivity index (χ4v) is 1.35. The molecule has 0 aliphatic rings. The van der Waals surface area contributed by atoms with E-state index in [0.717, 1.165) is 19.6 Å². The maximum Gasteiger partial charge on any atom is 0.000242 e. The Morgan fingerprint density at radius 2 is 1.93 bits per heavy atom. The summed E-state index contributed by atoms with van der Waals surface area (Å²) >= 11 is 0. The Kier molecular flexibility index (Phi) is 7.20. The highest BCUT2D eigenvalue weighted by atomic mass is 14.9. The summed E-state index contributed by atoms with van der Waals surface area (Å²) in [4.78, 5) is 0. The lowest BCUT2D eigenvalue weighted by Crippen LogP contribution is -2.31. The molecule has 0 saturated carbocycles. The monoisotopic (exact) mass is 200 g/mol. The Hall–Kier alpha value is -0.0800. The van der Waals surface area contributed by atoms with E-state index in [1.54, 1.807) is 0 Å². The zero-order chi connectivity index (χ0) is 11.0. The fraction of sp³-hybridized carbons (Fsp3) is 1.00. The standard InChI is InChI=1S/C12H28N2/c1-5-11(9-13)7-8-14-10-12(3,4)6-2/h11,14H,5-10,13H2,1-4H3. The molecule has 0 radical (unpaired) electrons. The quantitative estimate of drug-likeness (QED) is 0.590. The van der Waals surface area contributed by atoms with Crippen LogP contribution in [0, 0.1) is 11.3 Å². The SMILES string of the molecule is CCC(CN)CCNCC(C)(C)CC. The van der Waals surface area contributed by atoms with Crippen molar-refractivity contribution in [2.24, 2.45) is 17.1 Å². The molecule has 2 heteroatoms. The van der Waals surface area contributed by atoms with Gasteiger partial charge in [0, 0.05) is 6.54 Å². The van der Waals surface area contributed by atoms with Crippen LogP contribution in [0.15, 0.2) is 0 Å². The maximum absolute atomic E-state index is 5.65. The molecule has 0 aliphatic heterocycles. The van der Waals surface area contributed by atoms with Crippen molar-refractivity contribution in [1.82, 2.24) is 5.32 Å². The van der Waals surface area contributed by atoms with Crippen molar-refractivity contribution in [3.63, 3.8) is 0 Å². The highest BCUT2D eigenvalue weighted by molar-refractivity contribution is 4.70. The van der Waals surface area contributed by atoms with E-state index in [-0.39, 0.29) is 0 Å². The molecular weight excluding hydrogens is 172 g/mol. The number of hydrogen-bond donors (Lipinski definition) is 2. The molecule has 0 aromatic heterocycles. The number of nitrogens with two attached hydrogens (primary N) is 1. The molecular formula is C12H28N2. The van der Waals surface area contributed by atoms with Gasteiger partial charge in [-0.1, -0.05) is 34.1 Å². The Balaban J connectivity index is 3.45. The van der Waals surface area contributed by atoms with Crippen LogP contribution in [-0.2, 0) is 0 Å². The van der Waals surface area contributed by atoms with Gasteiger partial charge in [0.2, 0.25) is 0 Å². The second kappa shape index (κ2) is 7.24. The summed E-state index contributed by atoms with van der Waals surface area (Å²) in [5, 5.41) is 3.52. The third-order valence-electron chi connectivity index (χ3n) is 3.20. The zero-order valence-electron chi connectivity index (χ0n) is 10.4. The van der Waals surface area contributed by atoms with E-state index in [1.165, 1.54) is 19.3 Å². The smallest absolute Gasteiger partial charge is 0.000242 e. The maximum atomic E-state index is 5.65. The second-order valence-corrected chi connectivity index (χ2v) is 4.99. The minimum atomic E-state index is 0.435. The molecule has 0 spiro atoms. The highest BCUT2D eigenvalue weighted by Crippen LogP contribution is 2.17. The first kappa shape index (κ1) is 13.9. The van der Waals surface area contributed by atoms with Gasteiger partial charge in [0.05, 0.1) is 0 Å². The average Bonchev–Trinajstić information content (AvgIpc) is 2.18. The highest BCUT2D eigenvalue weighted by Gasteiger charge is 2.13. The lowest BCUT2D eigenvalue weighted by Gasteiger charge is -2.23. The summed E-state index contributed by atoms with van der Waals surface area (Å²) < 4.78 is 0. The van der Waals surface area contributed by atoms with Crippen LogP contribution < -0.4 is 11.1 Å². The van der Waals surface area contributed by atoms with Crippen molar-refractivity contribution < 1.29 is 0 Å². The summed E-state index contributed by atoms with van der Waals surface area (Å²) in [6.45, 7) is 12.1. The molecule has 0 bridgehead atoms. The molecule has 0 aromatic rings. The third kappa shape index (κ3) is 6.39. The number of nitrogens with one attached hydrogen (secondary N) is 1. The first-order chi connectivity index (χ1) is 6.55. The van der Waals surface area contributed by atoms with Crippen molar-refractivity contribution >= 4 is 0 Å².